The average Bonchev–Trinajstić information content (AvgIpc) is 2.54. The Hall–Kier alpha value is -1.60. The van der Waals surface area contributed by atoms with Gasteiger partial charge in [-0.05, 0) is 45.0 Å². The maximum Gasteiger partial charge on any atom is 0.269 e. The molecule has 1 aromatic carbocycles. The molecule has 7 heteroatoms. The molecule has 1 N–H and O–H groups in total. The highest BCUT2D eigenvalue weighted by molar-refractivity contribution is 8.00. The van der Waals surface area contributed by atoms with Crippen LogP contribution in [0, 0.1) is 10.1 Å². The van der Waals surface area contributed by atoms with Crippen molar-refractivity contribution in [3.8, 4) is 0 Å². The molecule has 0 spiro atoms. The van der Waals surface area contributed by atoms with Crippen LogP contribution in [0.15, 0.2) is 29.2 Å². The fourth-order valence-electron chi connectivity index (χ4n) is 2.56. The lowest BCUT2D eigenvalue weighted by Gasteiger charge is -2.33. The number of benzene rings is 1. The largest absolute Gasteiger partial charge is 0.342 e. The second kappa shape index (κ2) is 7.60. The van der Waals surface area contributed by atoms with Gasteiger partial charge in [-0.1, -0.05) is 0 Å². The van der Waals surface area contributed by atoms with E-state index in [2.05, 4.69) is 5.32 Å². The summed E-state index contributed by atoms with van der Waals surface area (Å²) in [7, 11) is 1.87. The quantitative estimate of drug-likeness (QED) is 0.511. The summed E-state index contributed by atoms with van der Waals surface area (Å²) in [5, 5.41) is 13.7. The van der Waals surface area contributed by atoms with E-state index in [0.29, 0.717) is 6.04 Å². The molecule has 0 aromatic heterocycles. The van der Waals surface area contributed by atoms with Gasteiger partial charge in [-0.15, -0.1) is 11.8 Å². The molecule has 120 valence electrons. The highest BCUT2D eigenvalue weighted by Gasteiger charge is 2.26. The first-order chi connectivity index (χ1) is 10.5. The summed E-state index contributed by atoms with van der Waals surface area (Å²) in [5.41, 5.74) is 0.0650. The number of thioether (sulfide) groups is 1. The summed E-state index contributed by atoms with van der Waals surface area (Å²) in [6.45, 7) is 3.78. The number of rotatable bonds is 5. The van der Waals surface area contributed by atoms with Gasteiger partial charge in [-0.2, -0.15) is 0 Å². The fraction of sp³-hybridized carbons (Fsp3) is 0.533. The number of amides is 1. The van der Waals surface area contributed by atoms with E-state index < -0.39 is 4.92 Å². The Labute approximate surface area is 134 Å². The number of nitro benzene ring substituents is 1. The van der Waals surface area contributed by atoms with Crippen molar-refractivity contribution in [3.05, 3.63) is 34.4 Å². The maximum absolute atomic E-state index is 12.5. The molecule has 6 nitrogen and oxygen atoms in total. The van der Waals surface area contributed by atoms with E-state index in [1.807, 2.05) is 18.9 Å². The Bertz CT molecular complexity index is 529. The maximum atomic E-state index is 12.5. The van der Waals surface area contributed by atoms with Gasteiger partial charge in [-0.25, -0.2) is 0 Å². The minimum atomic E-state index is -0.423. The predicted octanol–water partition coefficient (Wildman–Crippen LogP) is 2.29. The summed E-state index contributed by atoms with van der Waals surface area (Å²) in [5.74, 6) is 0.107. The zero-order valence-electron chi connectivity index (χ0n) is 12.8. The number of hydrogen-bond donors (Lipinski definition) is 1. The Morgan fingerprint density at radius 3 is 2.50 bits per heavy atom. The summed E-state index contributed by atoms with van der Waals surface area (Å²) in [6.07, 6.45) is 1.97. The third-order valence-electron chi connectivity index (χ3n) is 3.91. The third-order valence-corrected chi connectivity index (χ3v) is 5.01. The first kappa shape index (κ1) is 16.8. The van der Waals surface area contributed by atoms with E-state index in [0.717, 1.165) is 30.8 Å². The van der Waals surface area contributed by atoms with E-state index in [1.165, 1.54) is 23.9 Å². The number of nitrogens with one attached hydrogen (secondary N) is 1. The smallest absolute Gasteiger partial charge is 0.269 e. The molecule has 1 fully saturated rings. The van der Waals surface area contributed by atoms with E-state index in [1.54, 1.807) is 12.1 Å². The summed E-state index contributed by atoms with van der Waals surface area (Å²) in [6, 6.07) is 6.62. The third kappa shape index (κ3) is 4.20. The molecule has 1 aliphatic rings. The van der Waals surface area contributed by atoms with Crippen LogP contribution in [-0.2, 0) is 4.79 Å². The molecule has 1 heterocycles. The number of carbonyl (C=O) groups is 1. The molecule has 1 atom stereocenters. The molecule has 1 aromatic rings. The minimum Gasteiger partial charge on any atom is -0.342 e. The van der Waals surface area contributed by atoms with Crippen LogP contribution in [0.4, 0.5) is 5.69 Å². The molecule has 1 amide bonds. The summed E-state index contributed by atoms with van der Waals surface area (Å²) >= 11 is 1.43. The second-order valence-electron chi connectivity index (χ2n) is 5.44. The van der Waals surface area contributed by atoms with Crippen LogP contribution in [0.5, 0.6) is 0 Å². The predicted molar refractivity (Wildman–Crippen MR) is 87.1 cm³/mol. The van der Waals surface area contributed by atoms with Gasteiger partial charge in [0.15, 0.2) is 0 Å². The fourth-order valence-corrected chi connectivity index (χ4v) is 3.53. The number of hydrogen-bond acceptors (Lipinski definition) is 5. The number of carbonyl (C=O) groups excluding carboxylic acids is 1. The average molecular weight is 323 g/mol. The van der Waals surface area contributed by atoms with Crippen molar-refractivity contribution >= 4 is 23.4 Å². The van der Waals surface area contributed by atoms with Gasteiger partial charge in [0.1, 0.15) is 0 Å². The topological polar surface area (TPSA) is 75.5 Å². The van der Waals surface area contributed by atoms with Crippen molar-refractivity contribution in [1.82, 2.24) is 10.2 Å². The zero-order chi connectivity index (χ0) is 16.1. The normalized spacial score (nSPS) is 17.0. The molecule has 1 unspecified atom stereocenters. The van der Waals surface area contributed by atoms with Gasteiger partial charge in [0.2, 0.25) is 5.91 Å². The molecule has 1 aliphatic heterocycles. The standard InChI is InChI=1S/C15H21N3O3S/c1-11(15(19)17(2)12-7-9-16-10-8-12)22-14-5-3-13(4-6-14)18(20)21/h3-6,11-12,16H,7-10H2,1-2H3. The Balaban J connectivity index is 1.93. The first-order valence-corrected chi connectivity index (χ1v) is 8.25. The molecule has 0 bridgehead atoms. The summed E-state index contributed by atoms with van der Waals surface area (Å²) in [4.78, 5) is 25.4. The minimum absolute atomic E-state index is 0.0650. The monoisotopic (exact) mass is 323 g/mol. The van der Waals surface area contributed by atoms with Crippen LogP contribution in [0.1, 0.15) is 19.8 Å². The van der Waals surface area contributed by atoms with Crippen molar-refractivity contribution in [1.29, 1.82) is 0 Å². The van der Waals surface area contributed by atoms with Crippen molar-refractivity contribution in [2.45, 2.75) is 36.0 Å². The van der Waals surface area contributed by atoms with Gasteiger partial charge in [0.25, 0.3) is 5.69 Å². The van der Waals surface area contributed by atoms with Crippen LogP contribution in [-0.4, -0.2) is 47.2 Å². The van der Waals surface area contributed by atoms with Crippen molar-refractivity contribution in [3.63, 3.8) is 0 Å². The van der Waals surface area contributed by atoms with Crippen LogP contribution < -0.4 is 5.32 Å². The molecule has 1 saturated heterocycles. The van der Waals surface area contributed by atoms with Crippen molar-refractivity contribution in [2.75, 3.05) is 20.1 Å². The molecule has 0 saturated carbocycles. The van der Waals surface area contributed by atoms with Gasteiger partial charge >= 0.3 is 0 Å². The van der Waals surface area contributed by atoms with E-state index in [-0.39, 0.29) is 16.8 Å². The lowest BCUT2D eigenvalue weighted by atomic mass is 10.1. The molecule has 2 rings (SSSR count). The van der Waals surface area contributed by atoms with Crippen molar-refractivity contribution < 1.29 is 9.72 Å². The van der Waals surface area contributed by atoms with Crippen LogP contribution in [0.3, 0.4) is 0 Å². The van der Waals surface area contributed by atoms with Gasteiger partial charge in [-0.3, -0.25) is 14.9 Å². The number of non-ortho nitro benzene ring substituents is 1. The highest BCUT2D eigenvalue weighted by atomic mass is 32.2. The first-order valence-electron chi connectivity index (χ1n) is 7.37. The molecular weight excluding hydrogens is 302 g/mol. The Morgan fingerprint density at radius 2 is 1.95 bits per heavy atom. The Kier molecular flexibility index (Phi) is 5.79. The lowest BCUT2D eigenvalue weighted by molar-refractivity contribution is -0.384. The summed E-state index contributed by atoms with van der Waals surface area (Å²) < 4.78 is 0. The van der Waals surface area contributed by atoms with Crippen LogP contribution >= 0.6 is 11.8 Å². The van der Waals surface area contributed by atoms with Gasteiger partial charge in [0.05, 0.1) is 10.2 Å². The van der Waals surface area contributed by atoms with Gasteiger partial charge in [0, 0.05) is 30.1 Å². The lowest BCUT2D eigenvalue weighted by Crippen LogP contribution is -2.46. The van der Waals surface area contributed by atoms with E-state index in [9.17, 15) is 14.9 Å². The second-order valence-corrected chi connectivity index (χ2v) is 6.86. The Morgan fingerprint density at radius 1 is 1.36 bits per heavy atom. The van der Waals surface area contributed by atoms with Gasteiger partial charge < -0.3 is 10.2 Å². The van der Waals surface area contributed by atoms with Crippen molar-refractivity contribution in [2.24, 2.45) is 0 Å². The molecular formula is C15H21N3O3S. The SMILES string of the molecule is CC(Sc1ccc([N+](=O)[O-])cc1)C(=O)N(C)C1CCNCC1. The number of nitro groups is 1. The van der Waals surface area contributed by atoms with Crippen LogP contribution in [0.25, 0.3) is 0 Å². The number of piperidine rings is 1. The molecule has 0 aliphatic carbocycles. The highest BCUT2D eigenvalue weighted by Crippen LogP contribution is 2.27. The molecule has 22 heavy (non-hydrogen) atoms. The van der Waals surface area contributed by atoms with E-state index in [4.69, 9.17) is 0 Å². The molecule has 0 radical (unpaired) electrons. The van der Waals surface area contributed by atoms with E-state index >= 15 is 0 Å². The number of nitrogens with zero attached hydrogens (tertiary/aromatic N) is 2. The van der Waals surface area contributed by atoms with Crippen LogP contribution in [0.2, 0.25) is 0 Å². The zero-order valence-corrected chi connectivity index (χ0v) is 13.6.